The minimum Gasteiger partial charge on any atom is -0.457 e. The van der Waals surface area contributed by atoms with Crippen LogP contribution in [0.5, 0.6) is 0 Å². The van der Waals surface area contributed by atoms with E-state index in [1.165, 1.54) is 128 Å². The zero-order chi connectivity index (χ0) is 34.9. The van der Waals surface area contributed by atoms with Crippen molar-refractivity contribution in [1.29, 1.82) is 0 Å². The molecule has 0 aliphatic carbocycles. The molecule has 9 heteroatoms. The van der Waals surface area contributed by atoms with Crippen LogP contribution in [0.1, 0.15) is 181 Å². The first kappa shape index (κ1) is 46.5. The second-order valence-electron chi connectivity index (χ2n) is 14.7. The van der Waals surface area contributed by atoms with Crippen molar-refractivity contribution >= 4 is 13.8 Å². The third-order valence-corrected chi connectivity index (χ3v) is 9.65. The number of ether oxygens (including phenoxy) is 2. The number of phosphoric ester groups is 1. The van der Waals surface area contributed by atoms with Crippen LogP contribution in [0.2, 0.25) is 0 Å². The monoisotopic (exact) mass is 693 g/mol. The fourth-order valence-corrected chi connectivity index (χ4v) is 6.29. The molecule has 0 heterocycles. The summed E-state index contributed by atoms with van der Waals surface area (Å²) < 4.78 is 34.8. The molecule has 0 aromatic rings. The number of rotatable bonds is 37. The van der Waals surface area contributed by atoms with E-state index in [2.05, 4.69) is 13.8 Å². The summed E-state index contributed by atoms with van der Waals surface area (Å²) in [4.78, 5) is 22.6. The van der Waals surface area contributed by atoms with Gasteiger partial charge >= 0.3 is 13.8 Å². The number of phosphoric acid groups is 1. The first-order valence-corrected chi connectivity index (χ1v) is 21.3. The van der Waals surface area contributed by atoms with Gasteiger partial charge in [0.2, 0.25) is 0 Å². The molecule has 282 valence electrons. The number of hydrogen-bond acceptors (Lipinski definition) is 6. The highest BCUT2D eigenvalue weighted by atomic mass is 31.2. The first-order chi connectivity index (χ1) is 22.6. The zero-order valence-electron chi connectivity index (χ0n) is 31.8. The van der Waals surface area contributed by atoms with Crippen LogP contribution in [-0.2, 0) is 27.9 Å². The molecule has 0 bridgehead atoms. The highest BCUT2D eigenvalue weighted by Crippen LogP contribution is 2.43. The van der Waals surface area contributed by atoms with Crippen LogP contribution in [-0.4, -0.2) is 75.6 Å². The molecule has 0 rings (SSSR count). The van der Waals surface area contributed by atoms with Crippen LogP contribution >= 0.6 is 7.82 Å². The van der Waals surface area contributed by atoms with Gasteiger partial charge in [-0.3, -0.25) is 13.8 Å². The van der Waals surface area contributed by atoms with Crippen LogP contribution < -0.4 is 0 Å². The van der Waals surface area contributed by atoms with Crippen LogP contribution in [0.25, 0.3) is 0 Å². The lowest BCUT2D eigenvalue weighted by atomic mass is 10.0. The van der Waals surface area contributed by atoms with Gasteiger partial charge in [0.15, 0.2) is 0 Å². The number of unbranched alkanes of at least 4 members (excludes halogenated alkanes) is 23. The molecule has 0 amide bonds. The van der Waals surface area contributed by atoms with E-state index >= 15 is 0 Å². The highest BCUT2D eigenvalue weighted by molar-refractivity contribution is 7.47. The van der Waals surface area contributed by atoms with Crippen LogP contribution in [0.3, 0.4) is 0 Å². The zero-order valence-corrected chi connectivity index (χ0v) is 32.7. The molecule has 0 radical (unpaired) electrons. The number of likely N-dealkylation sites (N-methyl/N-ethyl adjacent to an activating group) is 1. The maximum absolute atomic E-state index is 12.5. The summed E-state index contributed by atoms with van der Waals surface area (Å²) in [7, 11) is 1.68. The lowest BCUT2D eigenvalue weighted by Gasteiger charge is -2.24. The fourth-order valence-electron chi connectivity index (χ4n) is 5.55. The Kier molecular flexibility index (Phi) is 32.3. The Balaban J connectivity index is 4.09. The Hall–Kier alpha value is -0.500. The maximum atomic E-state index is 12.5. The van der Waals surface area contributed by atoms with Crippen LogP contribution in [0.4, 0.5) is 0 Å². The third kappa shape index (κ3) is 36.6. The molecule has 47 heavy (non-hydrogen) atoms. The molecule has 0 aliphatic heterocycles. The summed E-state index contributed by atoms with van der Waals surface area (Å²) in [6, 6.07) is 0. The smallest absolute Gasteiger partial charge is 0.457 e. The second kappa shape index (κ2) is 32.7. The molecule has 2 atom stereocenters. The summed E-state index contributed by atoms with van der Waals surface area (Å²) in [5, 5.41) is 0. The lowest BCUT2D eigenvalue weighted by Crippen LogP contribution is -2.37. The Morgan fingerprint density at radius 3 is 1.40 bits per heavy atom. The molecule has 1 unspecified atom stereocenters. The largest absolute Gasteiger partial charge is 0.472 e. The fraction of sp³-hybridized carbons (Fsp3) is 0.974. The topological polar surface area (TPSA) is 91.3 Å². The summed E-state index contributed by atoms with van der Waals surface area (Å²) in [6.07, 6.45) is 31.4. The average Bonchev–Trinajstić information content (AvgIpc) is 3.01. The number of nitrogens with zero attached hydrogens (tertiary/aromatic N) is 1. The van der Waals surface area contributed by atoms with Gasteiger partial charge in [0.05, 0.1) is 34.4 Å². The van der Waals surface area contributed by atoms with E-state index in [1.807, 2.05) is 21.1 Å². The summed E-state index contributed by atoms with van der Waals surface area (Å²) in [6.45, 7) is 5.61. The van der Waals surface area contributed by atoms with Gasteiger partial charge in [-0.1, -0.05) is 162 Å². The van der Waals surface area contributed by atoms with Crippen molar-refractivity contribution in [3.63, 3.8) is 0 Å². The SMILES string of the molecule is CCCCCCCCCCCCCCCCCCCCOC[C@H](COP(=O)(O)OCC[N+](C)(C)C)OC(=O)CCCCCCCCC. The van der Waals surface area contributed by atoms with Gasteiger partial charge in [-0.2, -0.15) is 0 Å². The van der Waals surface area contributed by atoms with Crippen molar-refractivity contribution in [2.75, 3.05) is 54.1 Å². The maximum Gasteiger partial charge on any atom is 0.472 e. The lowest BCUT2D eigenvalue weighted by molar-refractivity contribution is -0.870. The minimum atomic E-state index is -4.25. The molecule has 0 spiro atoms. The van der Waals surface area contributed by atoms with Gasteiger partial charge in [-0.05, 0) is 12.8 Å². The van der Waals surface area contributed by atoms with E-state index in [-0.39, 0.29) is 25.8 Å². The molecular formula is C38H79NO7P+. The Bertz CT molecular complexity index is 731. The second-order valence-corrected chi connectivity index (χ2v) is 16.1. The molecular weight excluding hydrogens is 613 g/mol. The van der Waals surface area contributed by atoms with Gasteiger partial charge in [-0.25, -0.2) is 4.57 Å². The van der Waals surface area contributed by atoms with Gasteiger partial charge in [0.1, 0.15) is 19.3 Å². The Morgan fingerprint density at radius 1 is 0.574 bits per heavy atom. The van der Waals surface area contributed by atoms with E-state index in [9.17, 15) is 14.3 Å². The molecule has 0 saturated heterocycles. The van der Waals surface area contributed by atoms with Crippen molar-refractivity contribution in [3.05, 3.63) is 0 Å². The summed E-state index contributed by atoms with van der Waals surface area (Å²) in [5.74, 6) is -0.317. The standard InChI is InChI=1S/C38H78NO7P/c1-6-8-10-12-14-15-16-17-18-19-20-21-22-23-24-26-28-30-33-43-35-37(36-45-47(41,42)44-34-32-39(3,4)5)46-38(40)31-29-27-25-13-11-9-7-2/h37H,6-36H2,1-5H3/p+1/t37-/m1/s1. The quantitative estimate of drug-likeness (QED) is 0.0300. The van der Waals surface area contributed by atoms with Crippen molar-refractivity contribution in [3.8, 4) is 0 Å². The number of carbonyl (C=O) groups is 1. The predicted octanol–water partition coefficient (Wildman–Crippen LogP) is 10.9. The van der Waals surface area contributed by atoms with E-state index in [4.69, 9.17) is 18.5 Å². The van der Waals surface area contributed by atoms with E-state index < -0.39 is 13.9 Å². The first-order valence-electron chi connectivity index (χ1n) is 19.8. The molecule has 0 saturated carbocycles. The van der Waals surface area contributed by atoms with Crippen molar-refractivity contribution in [2.45, 2.75) is 187 Å². The van der Waals surface area contributed by atoms with Gasteiger partial charge in [0, 0.05) is 13.0 Å². The molecule has 8 nitrogen and oxygen atoms in total. The number of esters is 1. The van der Waals surface area contributed by atoms with Gasteiger partial charge in [-0.15, -0.1) is 0 Å². The molecule has 0 aliphatic rings. The average molecular weight is 693 g/mol. The van der Waals surface area contributed by atoms with E-state index in [0.717, 1.165) is 32.1 Å². The number of hydrogen-bond donors (Lipinski definition) is 1. The Labute approximate surface area is 291 Å². The van der Waals surface area contributed by atoms with Crippen LogP contribution in [0.15, 0.2) is 0 Å². The summed E-state index contributed by atoms with van der Waals surface area (Å²) >= 11 is 0. The molecule has 0 aromatic carbocycles. The van der Waals surface area contributed by atoms with Gasteiger partial charge in [0.25, 0.3) is 0 Å². The van der Waals surface area contributed by atoms with Crippen LogP contribution in [0, 0.1) is 0 Å². The van der Waals surface area contributed by atoms with Gasteiger partial charge < -0.3 is 18.9 Å². The van der Waals surface area contributed by atoms with Crippen molar-refractivity contribution < 1.29 is 37.3 Å². The molecule has 0 fully saturated rings. The Morgan fingerprint density at radius 2 is 0.979 bits per heavy atom. The highest BCUT2D eigenvalue weighted by Gasteiger charge is 2.26. The number of carbonyl (C=O) groups excluding carboxylic acids is 1. The van der Waals surface area contributed by atoms with E-state index in [0.29, 0.717) is 24.1 Å². The van der Waals surface area contributed by atoms with E-state index in [1.54, 1.807) is 0 Å². The van der Waals surface area contributed by atoms with Crippen molar-refractivity contribution in [1.82, 2.24) is 0 Å². The normalized spacial score (nSPS) is 13.9. The predicted molar refractivity (Wildman–Crippen MR) is 197 cm³/mol. The van der Waals surface area contributed by atoms with Crippen molar-refractivity contribution in [2.24, 2.45) is 0 Å². The summed E-state index contributed by atoms with van der Waals surface area (Å²) in [5.41, 5.74) is 0. The molecule has 0 aromatic heterocycles. The third-order valence-electron chi connectivity index (χ3n) is 8.67. The number of quaternary nitrogens is 1. The minimum absolute atomic E-state index is 0.0931. The molecule has 1 N–H and O–H groups in total.